The first-order valence-corrected chi connectivity index (χ1v) is 6.20. The maximum absolute atomic E-state index is 5.53. The van der Waals surface area contributed by atoms with Crippen LogP contribution in [0.5, 0.6) is 5.75 Å². The minimum Gasteiger partial charge on any atom is -0.496 e. The molecule has 0 bridgehead atoms. The van der Waals surface area contributed by atoms with E-state index < -0.39 is 0 Å². The number of ether oxygens (including phenoxy) is 1. The number of H-pyrrole nitrogens is 1. The molecule has 0 unspecified atom stereocenters. The summed E-state index contributed by atoms with van der Waals surface area (Å²) in [6, 6.07) is 8.20. The summed E-state index contributed by atoms with van der Waals surface area (Å²) in [5, 5.41) is 7.32. The third-order valence-electron chi connectivity index (χ3n) is 3.00. The van der Waals surface area contributed by atoms with Crippen LogP contribution in [0.25, 0.3) is 11.3 Å². The van der Waals surface area contributed by atoms with Crippen molar-refractivity contribution in [2.75, 3.05) is 13.7 Å². The first-order chi connectivity index (χ1) is 8.78. The van der Waals surface area contributed by atoms with E-state index in [-0.39, 0.29) is 0 Å². The van der Waals surface area contributed by atoms with Crippen LogP contribution in [0.4, 0.5) is 0 Å². The molecule has 0 aliphatic rings. The molecule has 1 heterocycles. The quantitative estimate of drug-likeness (QED) is 0.848. The van der Waals surface area contributed by atoms with Crippen LogP contribution in [0.2, 0.25) is 0 Å². The number of hydrogen-bond acceptors (Lipinski definition) is 3. The molecule has 0 spiro atoms. The van der Waals surface area contributed by atoms with Gasteiger partial charge in [0.15, 0.2) is 0 Å². The molecule has 0 amide bonds. The van der Waals surface area contributed by atoms with Crippen molar-refractivity contribution >= 4 is 0 Å². The molecular weight excluding hydrogens is 226 g/mol. The molecule has 2 aromatic rings. The Bertz CT molecular complexity index is 520. The van der Waals surface area contributed by atoms with Gasteiger partial charge in [0.1, 0.15) is 5.75 Å². The second-order valence-electron chi connectivity index (χ2n) is 4.20. The van der Waals surface area contributed by atoms with Gasteiger partial charge in [0.2, 0.25) is 0 Å². The van der Waals surface area contributed by atoms with Crippen LogP contribution >= 0.6 is 0 Å². The lowest BCUT2D eigenvalue weighted by Crippen LogP contribution is -2.02. The smallest absolute Gasteiger partial charge is 0.122 e. The summed E-state index contributed by atoms with van der Waals surface area (Å²) >= 11 is 0. The van der Waals surface area contributed by atoms with Crippen molar-refractivity contribution in [3.63, 3.8) is 0 Å². The van der Waals surface area contributed by atoms with Gasteiger partial charge in [-0.2, -0.15) is 5.10 Å². The largest absolute Gasteiger partial charge is 0.496 e. The zero-order chi connectivity index (χ0) is 13.0. The van der Waals surface area contributed by atoms with Crippen molar-refractivity contribution in [3.8, 4) is 17.0 Å². The van der Waals surface area contributed by atoms with Gasteiger partial charge >= 0.3 is 0 Å². The molecule has 2 rings (SSSR count). The summed E-state index contributed by atoms with van der Waals surface area (Å²) in [5.41, 5.74) is 9.85. The Hall–Kier alpha value is -1.81. The van der Waals surface area contributed by atoms with Gasteiger partial charge in [-0.05, 0) is 42.8 Å². The van der Waals surface area contributed by atoms with Gasteiger partial charge in [-0.25, -0.2) is 0 Å². The molecule has 0 saturated carbocycles. The number of nitrogens with zero attached hydrogens (tertiary/aromatic N) is 1. The van der Waals surface area contributed by atoms with E-state index in [1.807, 2.05) is 18.2 Å². The monoisotopic (exact) mass is 245 g/mol. The highest BCUT2D eigenvalue weighted by Gasteiger charge is 2.07. The van der Waals surface area contributed by atoms with Crippen LogP contribution in [-0.2, 0) is 12.8 Å². The van der Waals surface area contributed by atoms with Gasteiger partial charge in [0, 0.05) is 17.7 Å². The van der Waals surface area contributed by atoms with E-state index in [0.717, 1.165) is 35.5 Å². The minimum atomic E-state index is 0.629. The molecule has 4 nitrogen and oxygen atoms in total. The number of benzene rings is 1. The van der Waals surface area contributed by atoms with Gasteiger partial charge in [-0.15, -0.1) is 0 Å². The lowest BCUT2D eigenvalue weighted by Gasteiger charge is -2.07. The number of rotatable bonds is 5. The molecule has 0 radical (unpaired) electrons. The highest BCUT2D eigenvalue weighted by molar-refractivity contribution is 5.62. The summed E-state index contributed by atoms with van der Waals surface area (Å²) in [6.45, 7) is 2.75. The number of nitrogens with one attached hydrogen (secondary N) is 1. The standard InChI is InChI=1S/C14H19N3O/c1-3-10-8-11(4-5-14(10)18-2)13-9-12(6-7-15)16-17-13/h4-5,8-9H,3,6-7,15H2,1-2H3,(H,16,17). The first kappa shape index (κ1) is 12.6. The summed E-state index contributed by atoms with van der Waals surface area (Å²) in [7, 11) is 1.70. The van der Waals surface area contributed by atoms with Crippen LogP contribution < -0.4 is 10.5 Å². The van der Waals surface area contributed by atoms with Crippen LogP contribution in [0.3, 0.4) is 0 Å². The lowest BCUT2D eigenvalue weighted by molar-refractivity contribution is 0.410. The molecular formula is C14H19N3O. The molecule has 0 aliphatic heterocycles. The molecule has 1 aromatic carbocycles. The highest BCUT2D eigenvalue weighted by atomic mass is 16.5. The van der Waals surface area contributed by atoms with E-state index in [1.165, 1.54) is 5.56 Å². The van der Waals surface area contributed by atoms with E-state index in [1.54, 1.807) is 7.11 Å². The number of aromatic amines is 1. The molecule has 1 aromatic heterocycles. The third kappa shape index (κ3) is 2.54. The van der Waals surface area contributed by atoms with Crippen LogP contribution in [-0.4, -0.2) is 23.9 Å². The van der Waals surface area contributed by atoms with Gasteiger partial charge in [-0.1, -0.05) is 6.92 Å². The lowest BCUT2D eigenvalue weighted by atomic mass is 10.0. The van der Waals surface area contributed by atoms with Gasteiger partial charge in [0.05, 0.1) is 12.8 Å². The minimum absolute atomic E-state index is 0.629. The van der Waals surface area contributed by atoms with Crippen molar-refractivity contribution in [1.29, 1.82) is 0 Å². The Morgan fingerprint density at radius 1 is 1.33 bits per heavy atom. The second-order valence-corrected chi connectivity index (χ2v) is 4.20. The van der Waals surface area contributed by atoms with E-state index >= 15 is 0 Å². The molecule has 0 aliphatic carbocycles. The highest BCUT2D eigenvalue weighted by Crippen LogP contribution is 2.26. The predicted octanol–water partition coefficient (Wildman–Crippen LogP) is 2.15. The molecule has 18 heavy (non-hydrogen) atoms. The average Bonchev–Trinajstić information content (AvgIpc) is 2.87. The van der Waals surface area contributed by atoms with E-state index in [0.29, 0.717) is 6.54 Å². The number of aromatic nitrogens is 2. The van der Waals surface area contributed by atoms with Crippen molar-refractivity contribution in [1.82, 2.24) is 10.2 Å². The fourth-order valence-electron chi connectivity index (χ4n) is 2.01. The topological polar surface area (TPSA) is 63.9 Å². The van der Waals surface area contributed by atoms with Crippen LogP contribution in [0.15, 0.2) is 24.3 Å². The van der Waals surface area contributed by atoms with Gasteiger partial charge < -0.3 is 10.5 Å². The normalized spacial score (nSPS) is 10.6. The third-order valence-corrected chi connectivity index (χ3v) is 3.00. The van der Waals surface area contributed by atoms with E-state index in [9.17, 15) is 0 Å². The van der Waals surface area contributed by atoms with Crippen molar-refractivity contribution < 1.29 is 4.74 Å². The summed E-state index contributed by atoms with van der Waals surface area (Å²) in [5.74, 6) is 0.930. The maximum atomic E-state index is 5.53. The van der Waals surface area contributed by atoms with E-state index in [4.69, 9.17) is 10.5 Å². The Kier molecular flexibility index (Phi) is 3.99. The average molecular weight is 245 g/mol. The van der Waals surface area contributed by atoms with Gasteiger partial charge in [-0.3, -0.25) is 5.10 Å². The Labute approximate surface area is 107 Å². The predicted molar refractivity (Wildman–Crippen MR) is 72.7 cm³/mol. The molecule has 0 fully saturated rings. The van der Waals surface area contributed by atoms with Crippen molar-refractivity contribution in [2.45, 2.75) is 19.8 Å². The number of hydrogen-bond donors (Lipinski definition) is 2. The Morgan fingerprint density at radius 2 is 2.17 bits per heavy atom. The fraction of sp³-hybridized carbons (Fsp3) is 0.357. The van der Waals surface area contributed by atoms with E-state index in [2.05, 4.69) is 23.2 Å². The van der Waals surface area contributed by atoms with Crippen molar-refractivity contribution in [2.24, 2.45) is 5.73 Å². The molecule has 0 saturated heterocycles. The molecule has 96 valence electrons. The molecule has 4 heteroatoms. The van der Waals surface area contributed by atoms with Crippen LogP contribution in [0, 0.1) is 0 Å². The maximum Gasteiger partial charge on any atom is 0.122 e. The van der Waals surface area contributed by atoms with Gasteiger partial charge in [0.25, 0.3) is 0 Å². The summed E-state index contributed by atoms with van der Waals surface area (Å²) in [6.07, 6.45) is 1.76. The van der Waals surface area contributed by atoms with Crippen LogP contribution in [0.1, 0.15) is 18.2 Å². The zero-order valence-corrected chi connectivity index (χ0v) is 10.9. The summed E-state index contributed by atoms with van der Waals surface area (Å²) < 4.78 is 5.33. The molecule has 0 atom stereocenters. The number of aryl methyl sites for hydroxylation is 1. The fourth-order valence-corrected chi connectivity index (χ4v) is 2.01. The number of methoxy groups -OCH3 is 1. The zero-order valence-electron chi connectivity index (χ0n) is 10.9. The number of nitrogens with two attached hydrogens (primary N) is 1. The summed E-state index contributed by atoms with van der Waals surface area (Å²) in [4.78, 5) is 0. The second kappa shape index (κ2) is 5.69. The SMILES string of the molecule is CCc1cc(-c2cc(CCN)[nH]n2)ccc1OC. The Morgan fingerprint density at radius 3 is 2.83 bits per heavy atom. The van der Waals surface area contributed by atoms with Crippen molar-refractivity contribution in [3.05, 3.63) is 35.5 Å². The molecule has 3 N–H and O–H groups in total. The Balaban J connectivity index is 2.31. The first-order valence-electron chi connectivity index (χ1n) is 6.20.